The van der Waals surface area contributed by atoms with E-state index in [1.165, 1.54) is 48.8 Å². The van der Waals surface area contributed by atoms with E-state index in [0.717, 1.165) is 12.0 Å². The van der Waals surface area contributed by atoms with Crippen LogP contribution in [0.25, 0.3) is 10.8 Å². The molecule has 0 spiro atoms. The Morgan fingerprint density at radius 3 is 2.86 bits per heavy atom. The van der Waals surface area contributed by atoms with Crippen LogP contribution in [0.4, 0.5) is 0 Å². The van der Waals surface area contributed by atoms with Crippen molar-refractivity contribution in [2.45, 2.75) is 31.8 Å². The van der Waals surface area contributed by atoms with Gasteiger partial charge in [-0.2, -0.15) is 0 Å². The summed E-state index contributed by atoms with van der Waals surface area (Å²) in [6.07, 6.45) is 2.75. The van der Waals surface area contributed by atoms with Crippen molar-refractivity contribution in [3.05, 3.63) is 48.0 Å². The maximum Gasteiger partial charge on any atom is 0.0323 e. The molecule has 2 aromatic carbocycles. The van der Waals surface area contributed by atoms with Gasteiger partial charge in [0.1, 0.15) is 0 Å². The van der Waals surface area contributed by atoms with Gasteiger partial charge in [-0.1, -0.05) is 36.4 Å². The highest BCUT2D eigenvalue weighted by atomic mass is 15.2. The van der Waals surface area contributed by atoms with Gasteiger partial charge < -0.3 is 5.32 Å². The van der Waals surface area contributed by atoms with Crippen LogP contribution in [0.2, 0.25) is 0 Å². The molecule has 2 nitrogen and oxygen atoms in total. The lowest BCUT2D eigenvalue weighted by Crippen LogP contribution is -2.46. The molecule has 2 fully saturated rings. The molecule has 0 bridgehead atoms. The van der Waals surface area contributed by atoms with Crippen LogP contribution < -0.4 is 5.32 Å². The van der Waals surface area contributed by atoms with Crippen molar-refractivity contribution in [2.75, 3.05) is 19.6 Å². The Balaban J connectivity index is 1.64. The SMILES string of the molecule is CC(c1ccc2ccccc2c1)N1CCCC2CNCC21. The Kier molecular flexibility index (Phi) is 3.44. The van der Waals surface area contributed by atoms with Gasteiger partial charge in [-0.15, -0.1) is 0 Å². The summed E-state index contributed by atoms with van der Waals surface area (Å²) in [7, 11) is 0. The highest BCUT2D eigenvalue weighted by Crippen LogP contribution is 2.34. The fraction of sp³-hybridized carbons (Fsp3) is 0.474. The summed E-state index contributed by atoms with van der Waals surface area (Å²) in [5, 5.41) is 6.29. The van der Waals surface area contributed by atoms with Crippen LogP contribution in [0.15, 0.2) is 42.5 Å². The minimum absolute atomic E-state index is 0.516. The summed E-state index contributed by atoms with van der Waals surface area (Å²) in [5.41, 5.74) is 1.46. The maximum atomic E-state index is 3.59. The molecule has 3 atom stereocenters. The van der Waals surface area contributed by atoms with Crippen molar-refractivity contribution < 1.29 is 0 Å². The molecule has 2 heterocycles. The molecule has 2 heteroatoms. The number of hydrogen-bond acceptors (Lipinski definition) is 2. The zero-order chi connectivity index (χ0) is 14.2. The van der Waals surface area contributed by atoms with Crippen LogP contribution in [0.3, 0.4) is 0 Å². The Morgan fingerprint density at radius 2 is 1.95 bits per heavy atom. The van der Waals surface area contributed by atoms with E-state index < -0.39 is 0 Å². The molecule has 4 rings (SSSR count). The molecule has 21 heavy (non-hydrogen) atoms. The van der Waals surface area contributed by atoms with Crippen LogP contribution in [-0.4, -0.2) is 30.6 Å². The molecule has 2 saturated heterocycles. The summed E-state index contributed by atoms with van der Waals surface area (Å²) < 4.78 is 0. The first-order chi connectivity index (χ1) is 10.3. The van der Waals surface area contributed by atoms with E-state index in [-0.39, 0.29) is 0 Å². The summed E-state index contributed by atoms with van der Waals surface area (Å²) in [5.74, 6) is 0.863. The number of nitrogens with zero attached hydrogens (tertiary/aromatic N) is 1. The number of fused-ring (bicyclic) bond motifs is 2. The number of hydrogen-bond donors (Lipinski definition) is 1. The van der Waals surface area contributed by atoms with E-state index in [9.17, 15) is 0 Å². The zero-order valence-electron chi connectivity index (χ0n) is 12.8. The Labute approximate surface area is 127 Å². The van der Waals surface area contributed by atoms with Crippen LogP contribution in [0.1, 0.15) is 31.4 Å². The Hall–Kier alpha value is -1.38. The third-order valence-corrected chi connectivity index (χ3v) is 5.47. The lowest BCUT2D eigenvalue weighted by atomic mass is 9.89. The minimum Gasteiger partial charge on any atom is -0.315 e. The lowest BCUT2D eigenvalue weighted by Gasteiger charge is -2.41. The predicted octanol–water partition coefficient (Wildman–Crippen LogP) is 3.58. The fourth-order valence-corrected chi connectivity index (χ4v) is 4.24. The van der Waals surface area contributed by atoms with Gasteiger partial charge >= 0.3 is 0 Å². The molecular formula is C19H24N2. The average Bonchev–Trinajstić information content (AvgIpc) is 3.02. The standard InChI is InChI=1S/C19H24N2/c1-14(21-10-4-7-18-12-20-13-19(18)21)16-9-8-15-5-2-3-6-17(15)11-16/h2-3,5-6,8-9,11,14,18-20H,4,7,10,12-13H2,1H3. The molecular weight excluding hydrogens is 256 g/mol. The highest BCUT2D eigenvalue weighted by molar-refractivity contribution is 5.83. The largest absolute Gasteiger partial charge is 0.315 e. The van der Waals surface area contributed by atoms with Crippen LogP contribution in [0, 0.1) is 5.92 Å². The van der Waals surface area contributed by atoms with Crippen molar-refractivity contribution in [3.8, 4) is 0 Å². The zero-order valence-corrected chi connectivity index (χ0v) is 12.8. The minimum atomic E-state index is 0.516. The van der Waals surface area contributed by atoms with Crippen molar-refractivity contribution in [2.24, 2.45) is 5.92 Å². The topological polar surface area (TPSA) is 15.3 Å². The molecule has 2 aliphatic heterocycles. The number of likely N-dealkylation sites (tertiary alicyclic amines) is 1. The van der Waals surface area contributed by atoms with E-state index in [1.807, 2.05) is 0 Å². The van der Waals surface area contributed by atoms with Gasteiger partial charge in [0.2, 0.25) is 0 Å². The van der Waals surface area contributed by atoms with Crippen LogP contribution in [-0.2, 0) is 0 Å². The number of nitrogens with one attached hydrogen (secondary N) is 1. The van der Waals surface area contributed by atoms with E-state index >= 15 is 0 Å². The molecule has 1 N–H and O–H groups in total. The van der Waals surface area contributed by atoms with Gasteiger partial charge in [0, 0.05) is 18.6 Å². The highest BCUT2D eigenvalue weighted by Gasteiger charge is 2.37. The number of rotatable bonds is 2. The van der Waals surface area contributed by atoms with Gasteiger partial charge in [-0.3, -0.25) is 4.90 Å². The summed E-state index contributed by atoms with van der Waals surface area (Å²) in [6, 6.07) is 16.9. The number of piperidine rings is 1. The van der Waals surface area contributed by atoms with Crippen molar-refractivity contribution in [1.82, 2.24) is 10.2 Å². The van der Waals surface area contributed by atoms with E-state index in [4.69, 9.17) is 0 Å². The second-order valence-electron chi connectivity index (χ2n) is 6.65. The summed E-state index contributed by atoms with van der Waals surface area (Å²) in [4.78, 5) is 2.73. The predicted molar refractivity (Wildman–Crippen MR) is 88.5 cm³/mol. The second-order valence-corrected chi connectivity index (χ2v) is 6.65. The summed E-state index contributed by atoms with van der Waals surface area (Å²) >= 11 is 0. The van der Waals surface area contributed by atoms with E-state index in [1.54, 1.807) is 0 Å². The monoisotopic (exact) mass is 280 g/mol. The second kappa shape index (κ2) is 5.43. The average molecular weight is 280 g/mol. The summed E-state index contributed by atoms with van der Waals surface area (Å²) in [6.45, 7) is 6.01. The lowest BCUT2D eigenvalue weighted by molar-refractivity contribution is 0.0848. The third-order valence-electron chi connectivity index (χ3n) is 5.47. The van der Waals surface area contributed by atoms with Crippen LogP contribution >= 0.6 is 0 Å². The third kappa shape index (κ3) is 2.37. The van der Waals surface area contributed by atoms with Gasteiger partial charge in [0.15, 0.2) is 0 Å². The molecule has 3 unspecified atom stereocenters. The molecule has 0 amide bonds. The molecule has 2 aliphatic rings. The van der Waals surface area contributed by atoms with Crippen molar-refractivity contribution >= 4 is 10.8 Å². The quantitative estimate of drug-likeness (QED) is 0.904. The van der Waals surface area contributed by atoms with Crippen molar-refractivity contribution in [1.29, 1.82) is 0 Å². The smallest absolute Gasteiger partial charge is 0.0323 e. The Bertz CT molecular complexity index is 636. The normalized spacial score (nSPS) is 27.7. The van der Waals surface area contributed by atoms with Gasteiger partial charge in [0.25, 0.3) is 0 Å². The molecule has 0 aliphatic carbocycles. The fourth-order valence-electron chi connectivity index (χ4n) is 4.24. The van der Waals surface area contributed by atoms with Gasteiger partial charge in [-0.25, -0.2) is 0 Å². The number of benzene rings is 2. The molecule has 110 valence electrons. The molecule has 0 radical (unpaired) electrons. The first-order valence-corrected chi connectivity index (χ1v) is 8.28. The van der Waals surface area contributed by atoms with Crippen molar-refractivity contribution in [3.63, 3.8) is 0 Å². The first-order valence-electron chi connectivity index (χ1n) is 8.28. The Morgan fingerprint density at radius 1 is 1.10 bits per heavy atom. The van der Waals surface area contributed by atoms with Gasteiger partial charge in [-0.05, 0) is 61.2 Å². The van der Waals surface area contributed by atoms with Gasteiger partial charge in [0.05, 0.1) is 0 Å². The van der Waals surface area contributed by atoms with Crippen LogP contribution in [0.5, 0.6) is 0 Å². The molecule has 0 aromatic heterocycles. The van der Waals surface area contributed by atoms with E-state index in [2.05, 4.69) is 59.6 Å². The van der Waals surface area contributed by atoms with E-state index in [0.29, 0.717) is 6.04 Å². The molecule has 0 saturated carbocycles. The maximum absolute atomic E-state index is 3.59. The molecule has 2 aromatic rings. The first kappa shape index (κ1) is 13.3.